The smallest absolute Gasteiger partial charge is 0.460 e. The number of alkyl halides is 17. The zero-order valence-electron chi connectivity index (χ0n) is 39.8. The number of allylic oxidation sites excluding steroid dienone is 3. The van der Waals surface area contributed by atoms with Crippen LogP contribution in [0.5, 0.6) is 11.5 Å². The second-order valence-corrected chi connectivity index (χ2v) is 21.8. The Kier molecular flexibility index (Phi) is 21.5. The van der Waals surface area contributed by atoms with E-state index in [1.165, 1.54) is 72.3 Å². The number of carbonyl (C=O) groups excluding carboxylic acids is 2. The molecule has 0 fully saturated rings. The standard InChI is InChI=1S/C45H54F17NO8Si/c1-9-68-35(64)26-29(6)12-10-11-13-34(67-8)36(71-37(65)63-31-16-20-32(66-7)21-17-31)30-14-18-33(19-15-30)69-23-24-70-72(27(2)3,28(4)5)25-22-38(46,47)39(48,49)40(50,51)41(52,53)42(54,55)43(56,57)44(58,59)45(60,61)62/h10,12,14-21,26-28,34,36H,9,11,13,22-25H2,1-8H3,(H,63,65)/b12-10+,29-26+/t34-,36-/m1/s1. The van der Waals surface area contributed by atoms with E-state index < -0.39 is 117 Å². The van der Waals surface area contributed by atoms with E-state index in [2.05, 4.69) is 5.32 Å². The number of carbonyl (C=O) groups is 2. The summed E-state index contributed by atoms with van der Waals surface area (Å²) in [5, 5.41) is 2.59. The van der Waals surface area contributed by atoms with Gasteiger partial charge in [0.05, 0.1) is 26.4 Å². The maximum Gasteiger partial charge on any atom is 0.460 e. The number of halogens is 17. The summed E-state index contributed by atoms with van der Waals surface area (Å²) in [6, 6.07) is 10.7. The third kappa shape index (κ3) is 13.9. The normalized spacial score (nSPS) is 15.0. The molecule has 0 radical (unpaired) electrons. The molecule has 2 rings (SSSR count). The summed E-state index contributed by atoms with van der Waals surface area (Å²) in [6.45, 7) is 7.81. The lowest BCUT2D eigenvalue weighted by atomic mass is 9.88. The number of rotatable bonds is 28. The summed E-state index contributed by atoms with van der Waals surface area (Å²) in [6.07, 6.45) is -7.81. The van der Waals surface area contributed by atoms with E-state index in [0.717, 1.165) is 0 Å². The van der Waals surface area contributed by atoms with Gasteiger partial charge in [-0.05, 0) is 91.4 Å². The molecule has 2 aromatic rings. The maximum atomic E-state index is 15.1. The summed E-state index contributed by atoms with van der Waals surface area (Å²) in [5.41, 5.74) is -0.484. The lowest BCUT2D eigenvalue weighted by Gasteiger charge is -2.44. The van der Waals surface area contributed by atoms with Crippen LogP contribution in [0.2, 0.25) is 17.1 Å². The predicted molar refractivity (Wildman–Crippen MR) is 229 cm³/mol. The number of amides is 1. The minimum atomic E-state index is -8.71. The number of ether oxygens (including phenoxy) is 5. The Morgan fingerprint density at radius 3 is 1.65 bits per heavy atom. The van der Waals surface area contributed by atoms with Crippen molar-refractivity contribution in [1.29, 1.82) is 0 Å². The van der Waals surface area contributed by atoms with Gasteiger partial charge in [0.1, 0.15) is 18.1 Å². The molecule has 2 atom stereocenters. The van der Waals surface area contributed by atoms with E-state index in [9.17, 15) is 75.4 Å². The van der Waals surface area contributed by atoms with E-state index in [0.29, 0.717) is 29.0 Å². The molecule has 27 heteroatoms. The number of hydrogen-bond donors (Lipinski definition) is 1. The minimum absolute atomic E-state index is 0.107. The predicted octanol–water partition coefficient (Wildman–Crippen LogP) is 14.4. The Balaban J connectivity index is 2.33. The van der Waals surface area contributed by atoms with Crippen molar-refractivity contribution in [3.8, 4) is 11.5 Å². The van der Waals surface area contributed by atoms with Crippen molar-refractivity contribution in [2.75, 3.05) is 39.4 Å². The average Bonchev–Trinajstić information content (AvgIpc) is 3.27. The molecule has 0 aliphatic rings. The molecule has 72 heavy (non-hydrogen) atoms. The molecule has 0 aliphatic carbocycles. The first-order valence-corrected chi connectivity index (χ1v) is 23.9. The van der Waals surface area contributed by atoms with Gasteiger partial charge in [-0.3, -0.25) is 5.32 Å². The fraction of sp³-hybridized carbons (Fsp3) is 0.600. The quantitative estimate of drug-likeness (QED) is 0.0225. The van der Waals surface area contributed by atoms with Crippen LogP contribution in [0.4, 0.5) is 85.1 Å². The third-order valence-electron chi connectivity index (χ3n) is 11.3. The molecule has 0 saturated carbocycles. The van der Waals surface area contributed by atoms with Crippen LogP contribution in [0.15, 0.2) is 72.3 Å². The van der Waals surface area contributed by atoms with Crippen LogP contribution in [0.3, 0.4) is 0 Å². The van der Waals surface area contributed by atoms with Crippen molar-refractivity contribution in [3.63, 3.8) is 0 Å². The van der Waals surface area contributed by atoms with Crippen LogP contribution in [-0.2, 0) is 23.4 Å². The maximum absolute atomic E-state index is 15.1. The van der Waals surface area contributed by atoms with Crippen LogP contribution in [0.25, 0.3) is 0 Å². The van der Waals surface area contributed by atoms with Gasteiger partial charge in [0, 0.05) is 25.3 Å². The van der Waals surface area contributed by atoms with Crippen LogP contribution >= 0.6 is 0 Å². The van der Waals surface area contributed by atoms with Crippen LogP contribution < -0.4 is 14.8 Å². The SMILES string of the molecule is CCOC(=O)/C=C(C)/C=C/CC[C@@H](OC)[C@H](OC(=O)Nc1ccc(OC)cc1)c1ccc(OCCO[Si](CCC(F)(F)C(F)(F)C(F)(F)C(F)(F)C(F)(F)C(F)(F)C(F)(F)C(F)(F)F)(C(C)C)C(C)C)cc1. The Morgan fingerprint density at radius 1 is 0.681 bits per heavy atom. The molecule has 1 N–H and O–H groups in total. The largest absolute Gasteiger partial charge is 0.497 e. The van der Waals surface area contributed by atoms with E-state index >= 15 is 8.78 Å². The highest BCUT2D eigenvalue weighted by Gasteiger charge is 2.95. The highest BCUT2D eigenvalue weighted by atomic mass is 28.4. The molecule has 0 aromatic heterocycles. The summed E-state index contributed by atoms with van der Waals surface area (Å²) < 4.78 is 270. The van der Waals surface area contributed by atoms with Crippen molar-refractivity contribution in [2.24, 2.45) is 0 Å². The molecule has 0 saturated heterocycles. The summed E-state index contributed by atoms with van der Waals surface area (Å²) in [7, 11) is -1.22. The number of anilines is 1. The van der Waals surface area contributed by atoms with Crippen molar-refractivity contribution in [3.05, 3.63) is 77.9 Å². The van der Waals surface area contributed by atoms with Crippen molar-refractivity contribution < 1.29 is 112 Å². The minimum Gasteiger partial charge on any atom is -0.497 e. The molecule has 0 bridgehead atoms. The van der Waals surface area contributed by atoms with Crippen molar-refractivity contribution in [1.82, 2.24) is 0 Å². The van der Waals surface area contributed by atoms with Gasteiger partial charge in [-0.1, -0.05) is 52.0 Å². The second-order valence-electron chi connectivity index (χ2n) is 16.8. The number of esters is 1. The van der Waals surface area contributed by atoms with Crippen molar-refractivity contribution >= 4 is 26.1 Å². The van der Waals surface area contributed by atoms with Gasteiger partial charge >= 0.3 is 59.7 Å². The summed E-state index contributed by atoms with van der Waals surface area (Å²) in [5.74, 6) is -56.8. The monoisotopic (exact) mass is 1090 g/mol. The third-order valence-corrected chi connectivity index (χ3v) is 17.0. The Bertz CT molecular complexity index is 2110. The molecule has 2 aromatic carbocycles. The molecular formula is C45H54F17NO8Si. The first-order chi connectivity index (χ1) is 32.9. The first kappa shape index (κ1) is 63.3. The van der Waals surface area contributed by atoms with Crippen LogP contribution in [0, 0.1) is 0 Å². The van der Waals surface area contributed by atoms with Crippen LogP contribution in [0.1, 0.15) is 72.5 Å². The Hall–Kier alpha value is -4.79. The van der Waals surface area contributed by atoms with E-state index in [-0.39, 0.29) is 18.8 Å². The molecule has 0 spiro atoms. The zero-order chi connectivity index (χ0) is 55.5. The first-order valence-electron chi connectivity index (χ1n) is 21.6. The molecule has 1 amide bonds. The number of methoxy groups -OCH3 is 2. The van der Waals surface area contributed by atoms with E-state index in [4.69, 9.17) is 28.1 Å². The molecule has 0 heterocycles. The highest BCUT2D eigenvalue weighted by Crippen LogP contribution is 2.64. The van der Waals surface area contributed by atoms with Gasteiger partial charge in [-0.2, -0.15) is 74.6 Å². The van der Waals surface area contributed by atoms with Gasteiger partial charge in [0.15, 0.2) is 14.4 Å². The van der Waals surface area contributed by atoms with Gasteiger partial charge < -0.3 is 28.1 Å². The van der Waals surface area contributed by atoms with E-state index in [1.54, 1.807) is 50.3 Å². The van der Waals surface area contributed by atoms with Gasteiger partial charge in [0.2, 0.25) is 0 Å². The van der Waals surface area contributed by atoms with E-state index in [1.807, 2.05) is 0 Å². The lowest BCUT2D eigenvalue weighted by molar-refractivity contribution is -0.461. The fourth-order valence-corrected chi connectivity index (χ4v) is 11.6. The number of nitrogens with one attached hydrogen (secondary N) is 1. The number of benzene rings is 2. The molecule has 410 valence electrons. The molecule has 9 nitrogen and oxygen atoms in total. The molecular weight excluding hydrogens is 1030 g/mol. The molecule has 0 unspecified atom stereocenters. The zero-order valence-corrected chi connectivity index (χ0v) is 40.8. The lowest BCUT2D eigenvalue weighted by Crippen LogP contribution is -2.74. The average molecular weight is 1090 g/mol. The van der Waals surface area contributed by atoms with Gasteiger partial charge in [0.25, 0.3) is 0 Å². The summed E-state index contributed by atoms with van der Waals surface area (Å²) >= 11 is 0. The fourth-order valence-electron chi connectivity index (χ4n) is 7.14. The van der Waals surface area contributed by atoms with Gasteiger partial charge in [-0.15, -0.1) is 0 Å². The highest BCUT2D eigenvalue weighted by molar-refractivity contribution is 6.76. The number of hydrogen-bond acceptors (Lipinski definition) is 8. The summed E-state index contributed by atoms with van der Waals surface area (Å²) in [4.78, 5) is 24.9. The Morgan fingerprint density at radius 2 is 1.18 bits per heavy atom. The van der Waals surface area contributed by atoms with Crippen LogP contribution in [-0.4, -0.2) is 108 Å². The van der Waals surface area contributed by atoms with Gasteiger partial charge in [-0.25, -0.2) is 9.59 Å². The topological polar surface area (TPSA) is 102 Å². The van der Waals surface area contributed by atoms with Crippen molar-refractivity contribution in [2.45, 2.75) is 138 Å². The second kappa shape index (κ2) is 24.5. The Labute approximate surface area is 404 Å². The molecule has 0 aliphatic heterocycles.